The lowest BCUT2D eigenvalue weighted by Crippen LogP contribution is -2.14. The third-order valence-corrected chi connectivity index (χ3v) is 7.34. The second-order valence-electron chi connectivity index (χ2n) is 8.83. The number of aromatic amines is 2. The van der Waals surface area contributed by atoms with Crippen LogP contribution in [0.4, 0.5) is 10.3 Å². The van der Waals surface area contributed by atoms with E-state index in [-0.39, 0.29) is 22.6 Å². The van der Waals surface area contributed by atoms with Crippen LogP contribution in [-0.2, 0) is 20.0 Å². The third kappa shape index (κ3) is 6.09. The molecule has 0 atom stereocenters. The summed E-state index contributed by atoms with van der Waals surface area (Å²) in [4.78, 5) is 15.3. The van der Waals surface area contributed by atoms with Crippen LogP contribution in [0.5, 0.6) is 0 Å². The van der Waals surface area contributed by atoms with Crippen LogP contribution in [0.1, 0.15) is 39.4 Å². The first-order valence-electron chi connectivity index (χ1n) is 10.9. The Morgan fingerprint density at radius 3 is 2.06 bits per heavy atom. The second-order valence-corrected chi connectivity index (χ2v) is 12.8. The maximum absolute atomic E-state index is 13.5. The van der Waals surface area contributed by atoms with E-state index in [1.807, 2.05) is 13.8 Å². The number of hydrogen-bond acceptors (Lipinski definition) is 7. The van der Waals surface area contributed by atoms with Gasteiger partial charge in [0.15, 0.2) is 15.8 Å². The Morgan fingerprint density at radius 2 is 1.53 bits per heavy atom. The molecule has 2 aromatic heterocycles. The molecule has 0 fully saturated rings. The Hall–Kier alpha value is -3.29. The molecule has 36 heavy (non-hydrogen) atoms. The first-order valence-corrected chi connectivity index (χ1v) is 14.3. The molecule has 0 radical (unpaired) electrons. The van der Waals surface area contributed by atoms with Gasteiger partial charge in [-0.25, -0.2) is 22.8 Å². The first-order chi connectivity index (χ1) is 16.6. The van der Waals surface area contributed by atoms with Gasteiger partial charge < -0.3 is 15.7 Å². The van der Waals surface area contributed by atoms with E-state index in [1.165, 1.54) is 12.1 Å². The van der Waals surface area contributed by atoms with Crippen molar-refractivity contribution in [2.45, 2.75) is 43.8 Å². The summed E-state index contributed by atoms with van der Waals surface area (Å²) in [5.74, 6) is 0.648. The maximum atomic E-state index is 13.5. The number of aromatic nitrogens is 4. The molecule has 13 heteroatoms. The molecule has 0 bridgehead atoms. The van der Waals surface area contributed by atoms with Gasteiger partial charge in [0, 0.05) is 17.0 Å². The van der Waals surface area contributed by atoms with Gasteiger partial charge in [0.05, 0.1) is 33.3 Å². The zero-order valence-corrected chi connectivity index (χ0v) is 22.0. The van der Waals surface area contributed by atoms with Crippen LogP contribution >= 0.6 is 0 Å². The number of imidazole rings is 2. The monoisotopic (exact) mass is 537 g/mol. The Bertz CT molecular complexity index is 1600. The highest BCUT2D eigenvalue weighted by Crippen LogP contribution is 2.36. The molecule has 0 saturated heterocycles. The number of nitrogens with zero attached hydrogens (tertiary/aromatic N) is 2. The van der Waals surface area contributed by atoms with Gasteiger partial charge in [-0.05, 0) is 50.2 Å². The molecule has 2 heterocycles. The molecule has 2 aromatic carbocycles. The lowest BCUT2D eigenvalue weighted by molar-refractivity contribution is 0.490. The molecule has 4 rings (SSSR count). The van der Waals surface area contributed by atoms with Gasteiger partial charge >= 0.3 is 0 Å². The fourth-order valence-corrected chi connectivity index (χ4v) is 4.64. The SMILES string of the molecule is CC(C)c1nc(-c2cc(S(=O)(=O)C(C)C)c3nc(N)[nH]c3c2)c(-c2ccc(F)cc2)[nH]1.CS(=O)(=O)O. The molecule has 0 aliphatic carbocycles. The Kier molecular flexibility index (Phi) is 7.58. The summed E-state index contributed by atoms with van der Waals surface area (Å²) in [6.45, 7) is 7.26. The van der Waals surface area contributed by atoms with Crippen LogP contribution in [0.15, 0.2) is 41.3 Å². The molecular weight excluding hydrogens is 509 g/mol. The summed E-state index contributed by atoms with van der Waals surface area (Å²) >= 11 is 0. The molecule has 10 nitrogen and oxygen atoms in total. The Balaban J connectivity index is 0.000000658. The zero-order chi connectivity index (χ0) is 27.0. The number of benzene rings is 2. The van der Waals surface area contributed by atoms with Crippen molar-refractivity contribution < 1.29 is 25.8 Å². The standard InChI is InChI=1S/C22H24FN5O2S.CH4O3S/c1-11(2)21-26-18(13-5-7-15(23)8-6-13)19(27-21)14-9-16-20(28-22(24)25-16)17(10-14)31(29,30)12(3)4;1-5(2,3)4/h5-12H,1-4H3,(H,26,27)(H3,24,25,28);1H3,(H,2,3,4). The summed E-state index contributed by atoms with van der Waals surface area (Å²) in [5, 5.41) is -0.633. The maximum Gasteiger partial charge on any atom is 0.261 e. The number of anilines is 1. The summed E-state index contributed by atoms with van der Waals surface area (Å²) in [5.41, 5.74) is 9.24. The topological polar surface area (TPSA) is 172 Å². The van der Waals surface area contributed by atoms with Gasteiger partial charge in [0.2, 0.25) is 0 Å². The average molecular weight is 538 g/mol. The number of fused-ring (bicyclic) bond motifs is 1. The summed E-state index contributed by atoms with van der Waals surface area (Å²) < 4.78 is 65.5. The smallest absolute Gasteiger partial charge is 0.261 e. The second kappa shape index (κ2) is 9.99. The van der Waals surface area contributed by atoms with Crippen molar-refractivity contribution in [3.05, 3.63) is 48.0 Å². The lowest BCUT2D eigenvalue weighted by atomic mass is 10.0. The molecule has 5 N–H and O–H groups in total. The van der Waals surface area contributed by atoms with Crippen molar-refractivity contribution in [1.29, 1.82) is 0 Å². The highest BCUT2D eigenvalue weighted by molar-refractivity contribution is 7.92. The number of halogens is 1. The molecule has 0 aliphatic rings. The van der Waals surface area contributed by atoms with Crippen LogP contribution in [0.3, 0.4) is 0 Å². The molecule has 0 amide bonds. The minimum Gasteiger partial charge on any atom is -0.369 e. The fraction of sp³-hybridized carbons (Fsp3) is 0.304. The number of rotatable bonds is 5. The molecular formula is C23H28FN5O5S2. The van der Waals surface area contributed by atoms with Crippen molar-refractivity contribution in [3.8, 4) is 22.5 Å². The van der Waals surface area contributed by atoms with E-state index in [0.717, 1.165) is 11.4 Å². The van der Waals surface area contributed by atoms with Gasteiger partial charge in [0.1, 0.15) is 17.2 Å². The summed E-state index contributed by atoms with van der Waals surface area (Å²) in [6.07, 6.45) is 0.715. The number of nitrogen functional groups attached to an aromatic ring is 1. The van der Waals surface area contributed by atoms with Crippen molar-refractivity contribution in [1.82, 2.24) is 19.9 Å². The molecule has 194 valence electrons. The predicted octanol–water partition coefficient (Wildman–Crippen LogP) is 4.15. The van der Waals surface area contributed by atoms with E-state index >= 15 is 0 Å². The van der Waals surface area contributed by atoms with Crippen molar-refractivity contribution in [3.63, 3.8) is 0 Å². The highest BCUT2D eigenvalue weighted by Gasteiger charge is 2.26. The van der Waals surface area contributed by atoms with Gasteiger partial charge in [0.25, 0.3) is 10.1 Å². The van der Waals surface area contributed by atoms with E-state index in [2.05, 4.69) is 15.0 Å². The number of nitrogens with two attached hydrogens (primary N) is 1. The number of H-pyrrole nitrogens is 2. The van der Waals surface area contributed by atoms with Crippen molar-refractivity contribution in [2.24, 2.45) is 0 Å². The normalized spacial score (nSPS) is 12.2. The summed E-state index contributed by atoms with van der Waals surface area (Å²) in [7, 11) is -7.31. The van der Waals surface area contributed by atoms with Gasteiger partial charge in [-0.15, -0.1) is 0 Å². The average Bonchev–Trinajstić information content (AvgIpc) is 3.35. The number of nitrogens with one attached hydrogen (secondary N) is 2. The Labute approximate surface area is 208 Å². The minimum atomic E-state index is -3.67. The van der Waals surface area contributed by atoms with Crippen molar-refractivity contribution >= 4 is 36.9 Å². The minimum absolute atomic E-state index is 0.0992. The van der Waals surface area contributed by atoms with Crippen molar-refractivity contribution in [2.75, 3.05) is 12.0 Å². The quantitative estimate of drug-likeness (QED) is 0.275. The highest BCUT2D eigenvalue weighted by atomic mass is 32.2. The van der Waals surface area contributed by atoms with E-state index in [4.69, 9.17) is 15.3 Å². The van der Waals surface area contributed by atoms with Crippen LogP contribution in [-0.4, -0.2) is 52.8 Å². The van der Waals surface area contributed by atoms with Crippen LogP contribution in [0.2, 0.25) is 0 Å². The number of hydrogen-bond donors (Lipinski definition) is 4. The molecule has 0 spiro atoms. The summed E-state index contributed by atoms with van der Waals surface area (Å²) in [6, 6.07) is 9.45. The van der Waals surface area contributed by atoms with Gasteiger partial charge in [-0.1, -0.05) is 13.8 Å². The lowest BCUT2D eigenvalue weighted by Gasteiger charge is -2.11. The Morgan fingerprint density at radius 1 is 0.944 bits per heavy atom. The van der Waals surface area contributed by atoms with Crippen LogP contribution in [0, 0.1) is 5.82 Å². The van der Waals surface area contributed by atoms with Crippen LogP contribution < -0.4 is 5.73 Å². The zero-order valence-electron chi connectivity index (χ0n) is 20.4. The predicted molar refractivity (Wildman–Crippen MR) is 137 cm³/mol. The van der Waals surface area contributed by atoms with E-state index in [0.29, 0.717) is 34.2 Å². The fourth-order valence-electron chi connectivity index (χ4n) is 3.41. The van der Waals surface area contributed by atoms with Gasteiger partial charge in [-0.2, -0.15) is 8.42 Å². The largest absolute Gasteiger partial charge is 0.369 e. The molecule has 4 aromatic rings. The number of sulfone groups is 1. The molecule has 0 aliphatic heterocycles. The van der Waals surface area contributed by atoms with Crippen LogP contribution in [0.25, 0.3) is 33.5 Å². The molecule has 0 saturated carbocycles. The van der Waals surface area contributed by atoms with E-state index < -0.39 is 25.2 Å². The van der Waals surface area contributed by atoms with Gasteiger partial charge in [-0.3, -0.25) is 4.55 Å². The molecule has 0 unspecified atom stereocenters. The van der Waals surface area contributed by atoms with E-state index in [9.17, 15) is 21.2 Å². The third-order valence-electron chi connectivity index (χ3n) is 5.17. The first kappa shape index (κ1) is 27.3. The van der Waals surface area contributed by atoms with E-state index in [1.54, 1.807) is 38.1 Å².